The average Bonchev–Trinajstić information content (AvgIpc) is 3.51. The molecule has 2 N–H and O–H groups in total. The summed E-state index contributed by atoms with van der Waals surface area (Å²) in [7, 11) is 0. The predicted molar refractivity (Wildman–Crippen MR) is 138 cm³/mol. The first-order valence-electron chi connectivity index (χ1n) is 10.6. The Morgan fingerprint density at radius 1 is 1.06 bits per heavy atom. The van der Waals surface area contributed by atoms with Gasteiger partial charge in [-0.2, -0.15) is 0 Å². The third-order valence-corrected chi connectivity index (χ3v) is 6.37. The van der Waals surface area contributed by atoms with Gasteiger partial charge in [0.2, 0.25) is 5.91 Å². The maximum absolute atomic E-state index is 14.8. The summed E-state index contributed by atoms with van der Waals surface area (Å²) >= 11 is 6.64. The summed E-state index contributed by atoms with van der Waals surface area (Å²) < 4.78 is 27.0. The highest BCUT2D eigenvalue weighted by Gasteiger charge is 2.14. The van der Waals surface area contributed by atoms with Crippen LogP contribution >= 0.6 is 23.6 Å². The number of halogens is 1. The van der Waals surface area contributed by atoms with E-state index in [9.17, 15) is 9.18 Å². The number of furan rings is 1. The lowest BCUT2D eigenvalue weighted by molar-refractivity contribution is -0.119. The molecule has 0 aliphatic rings. The van der Waals surface area contributed by atoms with E-state index in [1.807, 2.05) is 48.5 Å². The van der Waals surface area contributed by atoms with Gasteiger partial charge < -0.3 is 19.8 Å². The van der Waals surface area contributed by atoms with Gasteiger partial charge in [-0.1, -0.05) is 30.3 Å². The van der Waals surface area contributed by atoms with Crippen LogP contribution in [0.25, 0.3) is 20.9 Å². The van der Waals surface area contributed by atoms with Gasteiger partial charge in [0, 0.05) is 24.0 Å². The molecule has 0 radical (unpaired) electrons. The number of carbonyl (C=O) groups is 1. The molecular formula is C26H18FN3O3S2. The zero-order chi connectivity index (χ0) is 24.2. The van der Waals surface area contributed by atoms with Crippen molar-refractivity contribution in [3.8, 4) is 22.1 Å². The largest absolute Gasteiger partial charge is 0.464 e. The van der Waals surface area contributed by atoms with Crippen LogP contribution in [0.15, 0.2) is 89.7 Å². The van der Waals surface area contributed by atoms with Crippen LogP contribution in [0.1, 0.15) is 5.56 Å². The Hall–Kier alpha value is -4.08. The molecule has 5 aromatic rings. The topological polar surface area (TPSA) is 76.4 Å². The molecule has 6 nitrogen and oxygen atoms in total. The van der Waals surface area contributed by atoms with Gasteiger partial charge in [-0.25, -0.2) is 4.39 Å². The number of ether oxygens (including phenoxy) is 1. The molecule has 2 aromatic carbocycles. The van der Waals surface area contributed by atoms with E-state index < -0.39 is 5.82 Å². The third kappa shape index (κ3) is 5.37. The van der Waals surface area contributed by atoms with E-state index in [1.165, 1.54) is 23.5 Å². The number of aromatic nitrogens is 1. The van der Waals surface area contributed by atoms with Crippen molar-refractivity contribution in [2.75, 3.05) is 5.32 Å². The number of anilines is 1. The van der Waals surface area contributed by atoms with E-state index in [4.69, 9.17) is 21.4 Å². The van der Waals surface area contributed by atoms with Gasteiger partial charge in [0.25, 0.3) is 0 Å². The van der Waals surface area contributed by atoms with Crippen molar-refractivity contribution in [1.82, 2.24) is 10.3 Å². The Morgan fingerprint density at radius 3 is 2.69 bits per heavy atom. The van der Waals surface area contributed by atoms with E-state index in [0.717, 1.165) is 26.4 Å². The van der Waals surface area contributed by atoms with Crippen LogP contribution in [0.2, 0.25) is 0 Å². The molecule has 5 rings (SSSR count). The molecule has 3 heterocycles. The van der Waals surface area contributed by atoms with Crippen LogP contribution in [0, 0.1) is 5.82 Å². The van der Waals surface area contributed by atoms with Crippen molar-refractivity contribution in [2.24, 2.45) is 0 Å². The van der Waals surface area contributed by atoms with E-state index in [1.54, 1.807) is 24.6 Å². The average molecular weight is 504 g/mol. The van der Waals surface area contributed by atoms with Gasteiger partial charge in [0.05, 0.1) is 27.8 Å². The number of thiocarbonyl (C=S) groups is 1. The predicted octanol–water partition coefficient (Wildman–Crippen LogP) is 6.54. The second kappa shape index (κ2) is 10.0. The quantitative estimate of drug-likeness (QED) is 0.256. The number of nitrogens with one attached hydrogen (secondary N) is 2. The molecular weight excluding hydrogens is 485 g/mol. The molecule has 1 amide bonds. The molecule has 0 unspecified atom stereocenters. The van der Waals surface area contributed by atoms with Crippen LogP contribution in [0.3, 0.4) is 0 Å². The number of amides is 1. The summed E-state index contributed by atoms with van der Waals surface area (Å²) in [5, 5.41) is 5.51. The second-order valence-corrected chi connectivity index (χ2v) is 8.98. The molecule has 0 aliphatic carbocycles. The monoisotopic (exact) mass is 503 g/mol. The van der Waals surface area contributed by atoms with E-state index in [2.05, 4.69) is 15.6 Å². The minimum atomic E-state index is -0.582. The Labute approximate surface area is 209 Å². The number of hydrogen-bond acceptors (Lipinski definition) is 6. The normalized spacial score (nSPS) is 10.8. The zero-order valence-corrected chi connectivity index (χ0v) is 19.8. The molecule has 35 heavy (non-hydrogen) atoms. The molecule has 0 bridgehead atoms. The summed E-state index contributed by atoms with van der Waals surface area (Å²) in [5.41, 5.74) is 1.98. The molecule has 0 saturated heterocycles. The number of rotatable bonds is 6. The van der Waals surface area contributed by atoms with E-state index in [0.29, 0.717) is 11.4 Å². The highest BCUT2D eigenvalue weighted by atomic mass is 32.1. The highest BCUT2D eigenvalue weighted by Crippen LogP contribution is 2.39. The Balaban J connectivity index is 1.26. The fourth-order valence-electron chi connectivity index (χ4n) is 3.43. The molecule has 174 valence electrons. The Morgan fingerprint density at radius 2 is 1.91 bits per heavy atom. The maximum Gasteiger partial charge on any atom is 0.230 e. The third-order valence-electron chi connectivity index (χ3n) is 5.01. The molecule has 3 aromatic heterocycles. The lowest BCUT2D eigenvalue weighted by Gasteiger charge is -2.12. The fourth-order valence-corrected chi connectivity index (χ4v) is 4.70. The molecule has 0 atom stereocenters. The van der Waals surface area contributed by atoms with Crippen molar-refractivity contribution in [3.05, 3.63) is 96.6 Å². The number of fused-ring (bicyclic) bond motifs is 1. The van der Waals surface area contributed by atoms with Gasteiger partial charge in [0.15, 0.2) is 16.7 Å². The minimum absolute atomic E-state index is 0.0510. The van der Waals surface area contributed by atoms with Crippen molar-refractivity contribution in [1.29, 1.82) is 0 Å². The van der Waals surface area contributed by atoms with Crippen molar-refractivity contribution in [2.45, 2.75) is 6.42 Å². The summed E-state index contributed by atoms with van der Waals surface area (Å²) in [6.07, 6.45) is 3.41. The van der Waals surface area contributed by atoms with Gasteiger partial charge in [-0.05, 0) is 48.1 Å². The first-order valence-corrected chi connectivity index (χ1v) is 11.8. The zero-order valence-electron chi connectivity index (χ0n) is 18.2. The molecule has 9 heteroatoms. The number of carbonyl (C=O) groups excluding carboxylic acids is 1. The van der Waals surface area contributed by atoms with Crippen LogP contribution in [-0.2, 0) is 11.2 Å². The van der Waals surface area contributed by atoms with Gasteiger partial charge in [-0.15, -0.1) is 11.3 Å². The minimum Gasteiger partial charge on any atom is -0.464 e. The molecule has 0 saturated carbocycles. The smallest absolute Gasteiger partial charge is 0.230 e. The van der Waals surface area contributed by atoms with E-state index >= 15 is 0 Å². The number of thiophene rings is 1. The van der Waals surface area contributed by atoms with Crippen LogP contribution in [-0.4, -0.2) is 16.0 Å². The van der Waals surface area contributed by atoms with Crippen molar-refractivity contribution in [3.63, 3.8) is 0 Å². The van der Waals surface area contributed by atoms with Gasteiger partial charge in [0.1, 0.15) is 11.5 Å². The van der Waals surface area contributed by atoms with Crippen molar-refractivity contribution >= 4 is 50.5 Å². The SMILES string of the molecule is O=C(Cc1ccccc1)NC(=S)Nc1ccc(Oc2ccnc3cc(-c4ccco4)sc23)c(F)c1. The molecule has 0 aliphatic heterocycles. The van der Waals surface area contributed by atoms with Crippen LogP contribution < -0.4 is 15.4 Å². The summed E-state index contributed by atoms with van der Waals surface area (Å²) in [5.74, 6) is 0.422. The highest BCUT2D eigenvalue weighted by molar-refractivity contribution is 7.80. The first-order chi connectivity index (χ1) is 17.0. The van der Waals surface area contributed by atoms with Gasteiger partial charge in [-0.3, -0.25) is 9.78 Å². The van der Waals surface area contributed by atoms with E-state index in [-0.39, 0.29) is 23.2 Å². The lowest BCUT2D eigenvalue weighted by Crippen LogP contribution is -2.35. The van der Waals surface area contributed by atoms with Crippen LogP contribution in [0.5, 0.6) is 11.5 Å². The number of pyridine rings is 1. The summed E-state index contributed by atoms with van der Waals surface area (Å²) in [6, 6.07) is 21.0. The first kappa shape index (κ1) is 22.7. The lowest BCUT2D eigenvalue weighted by atomic mass is 10.1. The summed E-state index contributed by atoms with van der Waals surface area (Å²) in [6.45, 7) is 0. The Bertz CT molecular complexity index is 1500. The number of benzene rings is 2. The van der Waals surface area contributed by atoms with Crippen LogP contribution in [0.4, 0.5) is 10.1 Å². The number of hydrogen-bond donors (Lipinski definition) is 2. The molecule has 0 spiro atoms. The maximum atomic E-state index is 14.8. The fraction of sp³-hybridized carbons (Fsp3) is 0.0385. The van der Waals surface area contributed by atoms with Crippen molar-refractivity contribution < 1.29 is 18.3 Å². The second-order valence-electron chi connectivity index (χ2n) is 7.52. The summed E-state index contributed by atoms with van der Waals surface area (Å²) in [4.78, 5) is 17.4. The molecule has 0 fully saturated rings. The Kier molecular flexibility index (Phi) is 6.51. The standard InChI is InChI=1S/C26H18FN3O3S2/c27-18-14-17(29-26(34)30-24(31)13-16-5-2-1-3-6-16)8-9-20(18)33-22-10-11-28-19-15-23(35-25(19)22)21-7-4-12-32-21/h1-12,14-15H,13H2,(H2,29,30,31,34). The van der Waals surface area contributed by atoms with Gasteiger partial charge >= 0.3 is 0 Å². The number of nitrogens with zero attached hydrogens (tertiary/aromatic N) is 1.